The molecule has 30 heavy (non-hydrogen) atoms. The van der Waals surface area contributed by atoms with Gasteiger partial charge in [0.25, 0.3) is 0 Å². The molecule has 0 aliphatic heterocycles. The largest absolute Gasteiger partial charge is 0.456 e. The number of Topliss-reactive ketones (excluding diaryl/α,β-unsaturated/α-hetero) is 1. The van der Waals surface area contributed by atoms with Gasteiger partial charge in [-0.15, -0.1) is 0 Å². The molecule has 1 atom stereocenters. The molecule has 2 heterocycles. The number of carbonyl (C=O) groups is 3. The Hall–Kier alpha value is -3.35. The summed E-state index contributed by atoms with van der Waals surface area (Å²) in [5.74, 6) is -1.23. The maximum absolute atomic E-state index is 12.7. The number of aryl methyl sites for hydroxylation is 1. The average molecular weight is 409 g/mol. The minimum atomic E-state index is -0.877. The first-order valence-electron chi connectivity index (χ1n) is 10.0. The second-order valence-electron chi connectivity index (χ2n) is 7.38. The second-order valence-corrected chi connectivity index (χ2v) is 7.38. The number of aromatic nitrogens is 2. The Morgan fingerprint density at radius 3 is 2.60 bits per heavy atom. The Balaban J connectivity index is 1.71. The van der Waals surface area contributed by atoms with Gasteiger partial charge in [-0.2, -0.15) is 0 Å². The van der Waals surface area contributed by atoms with Crippen LogP contribution in [0.3, 0.4) is 0 Å². The summed E-state index contributed by atoms with van der Waals surface area (Å²) >= 11 is 0. The van der Waals surface area contributed by atoms with Crippen molar-refractivity contribution in [1.82, 2.24) is 14.9 Å². The van der Waals surface area contributed by atoms with Crippen LogP contribution < -0.4 is 5.32 Å². The first-order valence-corrected chi connectivity index (χ1v) is 10.0. The number of benzene rings is 1. The summed E-state index contributed by atoms with van der Waals surface area (Å²) < 4.78 is 7.33. The standard InChI is InChI=1S/C23H27N3O4/c1-5-26-14(2)10-19(15(26)3)22(28)13-30-23(29)21(25-16(4)27)11-17-12-24-20-9-7-6-8-18(17)20/h6-10,12,21,24H,5,11,13H2,1-4H3,(H,25,27)/t21-/m0/s1. The number of rotatable bonds is 8. The van der Waals surface area contributed by atoms with Gasteiger partial charge in [-0.05, 0) is 38.5 Å². The van der Waals surface area contributed by atoms with E-state index in [1.165, 1.54) is 6.92 Å². The molecule has 158 valence electrons. The van der Waals surface area contributed by atoms with Crippen LogP contribution in [-0.4, -0.2) is 39.9 Å². The fraction of sp³-hybridized carbons (Fsp3) is 0.348. The highest BCUT2D eigenvalue weighted by atomic mass is 16.5. The molecular weight excluding hydrogens is 382 g/mol. The van der Waals surface area contributed by atoms with E-state index < -0.39 is 12.0 Å². The van der Waals surface area contributed by atoms with Gasteiger partial charge in [-0.1, -0.05) is 18.2 Å². The van der Waals surface area contributed by atoms with Crippen molar-refractivity contribution in [3.63, 3.8) is 0 Å². The summed E-state index contributed by atoms with van der Waals surface area (Å²) in [4.78, 5) is 40.1. The highest BCUT2D eigenvalue weighted by molar-refractivity contribution is 5.99. The number of aromatic amines is 1. The lowest BCUT2D eigenvalue weighted by molar-refractivity contribution is -0.146. The minimum absolute atomic E-state index is 0.259. The van der Waals surface area contributed by atoms with E-state index in [-0.39, 0.29) is 24.7 Å². The quantitative estimate of drug-likeness (QED) is 0.442. The topological polar surface area (TPSA) is 93.2 Å². The molecule has 0 fully saturated rings. The summed E-state index contributed by atoms with van der Waals surface area (Å²) in [6, 6.07) is 8.66. The maximum Gasteiger partial charge on any atom is 0.329 e. The van der Waals surface area contributed by atoms with E-state index in [2.05, 4.69) is 10.3 Å². The smallest absolute Gasteiger partial charge is 0.329 e. The van der Waals surface area contributed by atoms with Gasteiger partial charge in [-0.25, -0.2) is 4.79 Å². The van der Waals surface area contributed by atoms with Crippen LogP contribution in [0, 0.1) is 13.8 Å². The molecule has 0 unspecified atom stereocenters. The van der Waals surface area contributed by atoms with Gasteiger partial charge < -0.3 is 19.6 Å². The molecule has 0 aliphatic rings. The van der Waals surface area contributed by atoms with Crippen LogP contribution in [0.15, 0.2) is 36.5 Å². The Morgan fingerprint density at radius 1 is 1.20 bits per heavy atom. The third kappa shape index (κ3) is 4.45. The molecule has 0 saturated carbocycles. The van der Waals surface area contributed by atoms with E-state index in [1.54, 1.807) is 0 Å². The number of ether oxygens (including phenoxy) is 1. The number of hydrogen-bond acceptors (Lipinski definition) is 4. The fourth-order valence-electron chi connectivity index (χ4n) is 3.84. The van der Waals surface area contributed by atoms with Crippen LogP contribution in [0.2, 0.25) is 0 Å². The lowest BCUT2D eigenvalue weighted by atomic mass is 10.0. The number of ketones is 1. The summed E-state index contributed by atoms with van der Waals surface area (Å²) in [6.45, 7) is 7.57. The number of fused-ring (bicyclic) bond motifs is 1. The molecule has 2 aromatic heterocycles. The van der Waals surface area contributed by atoms with Gasteiger partial charge >= 0.3 is 5.97 Å². The lowest BCUT2D eigenvalue weighted by Crippen LogP contribution is -2.42. The molecule has 1 amide bonds. The summed E-state index contributed by atoms with van der Waals surface area (Å²) in [6.07, 6.45) is 2.08. The third-order valence-electron chi connectivity index (χ3n) is 5.30. The summed E-state index contributed by atoms with van der Waals surface area (Å²) in [5.41, 5.74) is 4.23. The zero-order valence-electron chi connectivity index (χ0n) is 17.7. The molecule has 3 aromatic rings. The number of nitrogens with zero attached hydrogens (tertiary/aromatic N) is 1. The molecule has 0 radical (unpaired) electrons. The fourth-order valence-corrected chi connectivity index (χ4v) is 3.84. The summed E-state index contributed by atoms with van der Waals surface area (Å²) in [5, 5.41) is 3.61. The Labute approximate surface area is 175 Å². The molecule has 0 aliphatic carbocycles. The van der Waals surface area contributed by atoms with E-state index >= 15 is 0 Å². The molecule has 0 bridgehead atoms. The Bertz CT molecular complexity index is 1090. The Morgan fingerprint density at radius 2 is 1.93 bits per heavy atom. The number of amides is 1. The van der Waals surface area contributed by atoms with E-state index in [9.17, 15) is 14.4 Å². The van der Waals surface area contributed by atoms with E-state index in [0.29, 0.717) is 5.56 Å². The third-order valence-corrected chi connectivity index (χ3v) is 5.30. The van der Waals surface area contributed by atoms with Crippen molar-refractivity contribution in [3.8, 4) is 0 Å². The summed E-state index contributed by atoms with van der Waals surface area (Å²) in [7, 11) is 0. The number of para-hydroxylation sites is 1. The van der Waals surface area contributed by atoms with Crippen molar-refractivity contribution in [1.29, 1.82) is 0 Å². The number of carbonyl (C=O) groups excluding carboxylic acids is 3. The van der Waals surface area contributed by atoms with Crippen molar-refractivity contribution in [2.24, 2.45) is 0 Å². The first-order chi connectivity index (χ1) is 14.3. The first kappa shape index (κ1) is 21.4. The van der Waals surface area contributed by atoms with Crippen molar-refractivity contribution < 1.29 is 19.1 Å². The molecule has 0 saturated heterocycles. The highest BCUT2D eigenvalue weighted by Crippen LogP contribution is 2.20. The van der Waals surface area contributed by atoms with Crippen LogP contribution in [0.5, 0.6) is 0 Å². The Kier molecular flexibility index (Phi) is 6.40. The monoisotopic (exact) mass is 409 g/mol. The number of nitrogens with one attached hydrogen (secondary N) is 2. The van der Waals surface area contributed by atoms with Gasteiger partial charge in [0.05, 0.1) is 0 Å². The average Bonchev–Trinajstić information content (AvgIpc) is 3.25. The van der Waals surface area contributed by atoms with Crippen molar-refractivity contribution >= 4 is 28.6 Å². The van der Waals surface area contributed by atoms with Crippen LogP contribution in [0.1, 0.15) is 41.2 Å². The van der Waals surface area contributed by atoms with Crippen molar-refractivity contribution in [2.45, 2.75) is 46.7 Å². The molecule has 7 heteroatoms. The predicted molar refractivity (Wildman–Crippen MR) is 114 cm³/mol. The number of H-pyrrole nitrogens is 1. The predicted octanol–water partition coefficient (Wildman–Crippen LogP) is 3.08. The maximum atomic E-state index is 12.7. The van der Waals surface area contributed by atoms with Crippen LogP contribution in [0.4, 0.5) is 0 Å². The van der Waals surface area contributed by atoms with Gasteiger partial charge in [0.1, 0.15) is 6.04 Å². The van der Waals surface area contributed by atoms with Crippen LogP contribution in [0.25, 0.3) is 10.9 Å². The molecule has 2 N–H and O–H groups in total. The second kappa shape index (κ2) is 8.98. The number of esters is 1. The van der Waals surface area contributed by atoms with Crippen molar-refractivity contribution in [2.75, 3.05) is 6.61 Å². The van der Waals surface area contributed by atoms with Gasteiger partial charge in [-0.3, -0.25) is 9.59 Å². The molecule has 1 aromatic carbocycles. The zero-order valence-corrected chi connectivity index (χ0v) is 17.7. The molecular formula is C23H27N3O4. The SMILES string of the molecule is CCn1c(C)cc(C(=O)COC(=O)[C@H](Cc2c[nH]c3ccccc23)NC(C)=O)c1C. The van der Waals surface area contributed by atoms with Crippen molar-refractivity contribution in [3.05, 3.63) is 59.0 Å². The van der Waals surface area contributed by atoms with E-state index in [1.807, 2.05) is 61.9 Å². The van der Waals surface area contributed by atoms with Crippen LogP contribution >= 0.6 is 0 Å². The minimum Gasteiger partial charge on any atom is -0.456 e. The molecule has 0 spiro atoms. The number of hydrogen-bond donors (Lipinski definition) is 2. The van der Waals surface area contributed by atoms with Crippen LogP contribution in [-0.2, 0) is 27.3 Å². The van der Waals surface area contributed by atoms with Gasteiger partial charge in [0, 0.05) is 53.9 Å². The highest BCUT2D eigenvalue weighted by Gasteiger charge is 2.25. The zero-order chi connectivity index (χ0) is 21.8. The lowest BCUT2D eigenvalue weighted by Gasteiger charge is -2.16. The molecule has 3 rings (SSSR count). The molecule has 7 nitrogen and oxygen atoms in total. The van der Waals surface area contributed by atoms with E-state index in [4.69, 9.17) is 4.74 Å². The normalized spacial score (nSPS) is 12.0. The van der Waals surface area contributed by atoms with E-state index in [0.717, 1.165) is 34.4 Å². The van der Waals surface area contributed by atoms with Gasteiger partial charge in [0.2, 0.25) is 11.7 Å². The van der Waals surface area contributed by atoms with Gasteiger partial charge in [0.15, 0.2) is 6.61 Å².